The van der Waals surface area contributed by atoms with Crippen molar-refractivity contribution in [2.75, 3.05) is 7.11 Å². The van der Waals surface area contributed by atoms with Gasteiger partial charge in [0.2, 0.25) is 0 Å². The summed E-state index contributed by atoms with van der Waals surface area (Å²) in [6.07, 6.45) is 2.05. The Morgan fingerprint density at radius 1 is 1.53 bits per heavy atom. The predicted octanol–water partition coefficient (Wildman–Crippen LogP) is 2.82. The topological polar surface area (TPSA) is 52.3 Å². The zero-order valence-corrected chi connectivity index (χ0v) is 12.4. The fourth-order valence-electron chi connectivity index (χ4n) is 3.12. The lowest BCUT2D eigenvalue weighted by molar-refractivity contribution is -0.142. The summed E-state index contributed by atoms with van der Waals surface area (Å²) in [6, 6.07) is 5.84. The van der Waals surface area contributed by atoms with Crippen LogP contribution < -0.4 is 5.73 Å². The van der Waals surface area contributed by atoms with Crippen molar-refractivity contribution < 1.29 is 9.53 Å². The molecule has 0 saturated heterocycles. The minimum atomic E-state index is -0.500. The summed E-state index contributed by atoms with van der Waals surface area (Å²) < 4.78 is 4.85. The molecule has 0 bridgehead atoms. The van der Waals surface area contributed by atoms with E-state index < -0.39 is 5.54 Å². The van der Waals surface area contributed by atoms with Gasteiger partial charge in [0, 0.05) is 16.0 Å². The van der Waals surface area contributed by atoms with Crippen LogP contribution in [-0.2, 0) is 21.4 Å². The van der Waals surface area contributed by atoms with E-state index in [0.717, 1.165) is 23.4 Å². The first-order valence-corrected chi connectivity index (χ1v) is 6.82. The van der Waals surface area contributed by atoms with E-state index >= 15 is 0 Å². The number of hydrogen-bond donors (Lipinski definition) is 1. The second-order valence-electron chi connectivity index (χ2n) is 5.86. The second kappa shape index (κ2) is 4.80. The number of methoxy groups -OCH3 is 1. The maximum atomic E-state index is 11.8. The van der Waals surface area contributed by atoms with Crippen molar-refractivity contribution in [3.8, 4) is 0 Å². The number of nitrogens with two attached hydrogens (primary N) is 1. The van der Waals surface area contributed by atoms with Gasteiger partial charge in [-0.1, -0.05) is 17.7 Å². The molecule has 0 amide bonds. The number of carbonyl (C=O) groups excluding carboxylic acids is 1. The Kier molecular flexibility index (Phi) is 3.63. The fourth-order valence-corrected chi connectivity index (χ4v) is 3.31. The summed E-state index contributed by atoms with van der Waals surface area (Å²) in [5.41, 5.74) is 7.84. The Morgan fingerprint density at radius 2 is 2.21 bits per heavy atom. The molecule has 1 unspecified atom stereocenters. The van der Waals surface area contributed by atoms with Crippen molar-refractivity contribution in [3.05, 3.63) is 34.3 Å². The minimum absolute atomic E-state index is 0.221. The van der Waals surface area contributed by atoms with Crippen LogP contribution >= 0.6 is 11.6 Å². The predicted molar refractivity (Wildman–Crippen MR) is 76.4 cm³/mol. The van der Waals surface area contributed by atoms with Crippen LogP contribution in [-0.4, -0.2) is 18.6 Å². The normalized spacial score (nSPS) is 22.2. The molecule has 2 N–H and O–H groups in total. The SMILES string of the molecule is COC(=O)CC1(C(C)(C)N)CCc2cc(Cl)ccc21. The van der Waals surface area contributed by atoms with Gasteiger partial charge in [0.15, 0.2) is 0 Å². The standard InChI is InChI=1S/C15H20ClNO2/c1-14(2,17)15(9-13(18)19-3)7-6-10-8-11(16)4-5-12(10)15/h4-5,8H,6-7,9,17H2,1-3H3. The lowest BCUT2D eigenvalue weighted by atomic mass is 9.66. The largest absolute Gasteiger partial charge is 0.469 e. The lowest BCUT2D eigenvalue weighted by Gasteiger charge is -2.42. The van der Waals surface area contributed by atoms with Crippen molar-refractivity contribution in [3.63, 3.8) is 0 Å². The van der Waals surface area contributed by atoms with E-state index in [4.69, 9.17) is 22.1 Å². The number of benzene rings is 1. The van der Waals surface area contributed by atoms with Crippen LogP contribution in [0.4, 0.5) is 0 Å². The summed E-state index contributed by atoms with van der Waals surface area (Å²) in [7, 11) is 1.41. The Balaban J connectivity index is 2.52. The monoisotopic (exact) mass is 281 g/mol. The summed E-state index contributed by atoms with van der Waals surface area (Å²) in [5, 5.41) is 0.724. The minimum Gasteiger partial charge on any atom is -0.469 e. The molecule has 2 rings (SSSR count). The molecule has 0 aromatic heterocycles. The van der Waals surface area contributed by atoms with E-state index in [1.807, 2.05) is 32.0 Å². The van der Waals surface area contributed by atoms with Crippen LogP contribution in [0.3, 0.4) is 0 Å². The molecular weight excluding hydrogens is 262 g/mol. The van der Waals surface area contributed by atoms with Crippen molar-refractivity contribution in [2.24, 2.45) is 5.73 Å². The number of aryl methyl sites for hydroxylation is 1. The van der Waals surface area contributed by atoms with Crippen molar-refractivity contribution in [1.29, 1.82) is 0 Å². The van der Waals surface area contributed by atoms with E-state index in [2.05, 4.69) is 0 Å². The number of ether oxygens (including phenoxy) is 1. The van der Waals surface area contributed by atoms with E-state index in [9.17, 15) is 4.79 Å². The molecule has 19 heavy (non-hydrogen) atoms. The van der Waals surface area contributed by atoms with Gasteiger partial charge in [-0.2, -0.15) is 0 Å². The third-order valence-corrected chi connectivity index (χ3v) is 4.55. The van der Waals surface area contributed by atoms with Crippen LogP contribution in [0, 0.1) is 0 Å². The molecule has 1 aliphatic carbocycles. The lowest BCUT2D eigenvalue weighted by Crippen LogP contribution is -2.54. The summed E-state index contributed by atoms with van der Waals surface area (Å²) in [6.45, 7) is 3.94. The first-order valence-electron chi connectivity index (χ1n) is 6.45. The first kappa shape index (κ1) is 14.4. The molecule has 4 heteroatoms. The van der Waals surface area contributed by atoms with Crippen molar-refractivity contribution >= 4 is 17.6 Å². The van der Waals surface area contributed by atoms with Gasteiger partial charge in [-0.25, -0.2) is 0 Å². The number of hydrogen-bond acceptors (Lipinski definition) is 3. The molecule has 0 heterocycles. The average molecular weight is 282 g/mol. The van der Waals surface area contributed by atoms with E-state index in [1.54, 1.807) is 0 Å². The van der Waals surface area contributed by atoms with Crippen LogP contribution in [0.2, 0.25) is 5.02 Å². The number of carbonyl (C=O) groups is 1. The zero-order chi connectivity index (χ0) is 14.3. The Bertz CT molecular complexity index is 507. The number of fused-ring (bicyclic) bond motifs is 1. The van der Waals surface area contributed by atoms with Crippen LogP contribution in [0.25, 0.3) is 0 Å². The molecule has 0 aliphatic heterocycles. The molecule has 0 spiro atoms. The van der Waals surface area contributed by atoms with Gasteiger partial charge in [-0.15, -0.1) is 0 Å². The van der Waals surface area contributed by atoms with Gasteiger partial charge in [-0.05, 0) is 49.9 Å². The molecule has 1 atom stereocenters. The van der Waals surface area contributed by atoms with E-state index in [0.29, 0.717) is 6.42 Å². The third-order valence-electron chi connectivity index (χ3n) is 4.31. The Labute approximate surface area is 119 Å². The maximum Gasteiger partial charge on any atom is 0.306 e. The van der Waals surface area contributed by atoms with Gasteiger partial charge in [0.05, 0.1) is 13.5 Å². The van der Waals surface area contributed by atoms with Gasteiger partial charge >= 0.3 is 5.97 Å². The van der Waals surface area contributed by atoms with Gasteiger partial charge in [0.25, 0.3) is 0 Å². The van der Waals surface area contributed by atoms with Gasteiger partial charge in [-0.3, -0.25) is 4.79 Å². The number of rotatable bonds is 3. The highest BCUT2D eigenvalue weighted by molar-refractivity contribution is 6.30. The Hall–Kier alpha value is -1.06. The summed E-state index contributed by atoms with van der Waals surface area (Å²) in [4.78, 5) is 11.8. The Morgan fingerprint density at radius 3 is 2.79 bits per heavy atom. The molecule has 104 valence electrons. The maximum absolute atomic E-state index is 11.8. The molecule has 3 nitrogen and oxygen atoms in total. The van der Waals surface area contributed by atoms with Crippen LogP contribution in [0.15, 0.2) is 18.2 Å². The van der Waals surface area contributed by atoms with Gasteiger partial charge in [0.1, 0.15) is 0 Å². The van der Waals surface area contributed by atoms with Crippen LogP contribution in [0.1, 0.15) is 37.8 Å². The highest BCUT2D eigenvalue weighted by Crippen LogP contribution is 2.48. The fraction of sp³-hybridized carbons (Fsp3) is 0.533. The van der Waals surface area contributed by atoms with E-state index in [1.165, 1.54) is 12.7 Å². The molecule has 0 saturated carbocycles. The molecule has 1 aromatic rings. The average Bonchev–Trinajstić information content (AvgIpc) is 2.68. The number of halogens is 1. The molecular formula is C15H20ClNO2. The molecule has 0 radical (unpaired) electrons. The molecule has 0 fully saturated rings. The molecule has 1 aliphatic rings. The zero-order valence-electron chi connectivity index (χ0n) is 11.6. The quantitative estimate of drug-likeness (QED) is 0.867. The number of esters is 1. The highest BCUT2D eigenvalue weighted by Gasteiger charge is 2.49. The van der Waals surface area contributed by atoms with Crippen molar-refractivity contribution in [2.45, 2.75) is 44.1 Å². The first-order chi connectivity index (χ1) is 8.80. The second-order valence-corrected chi connectivity index (χ2v) is 6.29. The molecule has 1 aromatic carbocycles. The van der Waals surface area contributed by atoms with Crippen LogP contribution in [0.5, 0.6) is 0 Å². The van der Waals surface area contributed by atoms with Crippen molar-refractivity contribution in [1.82, 2.24) is 0 Å². The summed E-state index contributed by atoms with van der Waals surface area (Å²) >= 11 is 6.04. The smallest absolute Gasteiger partial charge is 0.306 e. The van der Waals surface area contributed by atoms with Gasteiger partial charge < -0.3 is 10.5 Å². The third kappa shape index (κ3) is 2.37. The summed E-state index contributed by atoms with van der Waals surface area (Å²) in [5.74, 6) is -0.221. The van der Waals surface area contributed by atoms with E-state index in [-0.39, 0.29) is 11.4 Å². The highest BCUT2D eigenvalue weighted by atomic mass is 35.5.